The van der Waals surface area contributed by atoms with Crippen LogP contribution in [0, 0.1) is 0 Å². The number of ketones is 1. The van der Waals surface area contributed by atoms with E-state index >= 15 is 0 Å². The molecule has 0 unspecified atom stereocenters. The second-order valence-electron chi connectivity index (χ2n) is 3.95. The van der Waals surface area contributed by atoms with Crippen LogP contribution in [-0.4, -0.2) is 56.1 Å². The molecule has 0 fully saturated rings. The standard InChI is InChI=1S/C10H16N2O7/c1-2-12(11)10(4-8(16)17,5-9(18)19)6(13)3-7(14)15/h2-5,11H2,1H3,(H,14,15)(H,16,17)(H,18,19). The van der Waals surface area contributed by atoms with Crippen LogP contribution in [0.15, 0.2) is 0 Å². The molecule has 0 rings (SSSR count). The maximum absolute atomic E-state index is 11.9. The maximum Gasteiger partial charge on any atom is 0.310 e. The van der Waals surface area contributed by atoms with Crippen molar-refractivity contribution in [3.05, 3.63) is 0 Å². The highest BCUT2D eigenvalue weighted by molar-refractivity contribution is 6.03. The van der Waals surface area contributed by atoms with Gasteiger partial charge in [0.15, 0.2) is 5.78 Å². The number of hydrogen-bond acceptors (Lipinski definition) is 6. The van der Waals surface area contributed by atoms with E-state index in [0.717, 1.165) is 5.01 Å². The quantitative estimate of drug-likeness (QED) is 0.233. The Morgan fingerprint density at radius 1 is 1.00 bits per heavy atom. The number of nitrogens with zero attached hydrogens (tertiary/aromatic N) is 1. The monoisotopic (exact) mass is 276 g/mol. The first-order valence-corrected chi connectivity index (χ1v) is 5.36. The molecule has 0 bridgehead atoms. The van der Waals surface area contributed by atoms with Gasteiger partial charge in [-0.05, 0) is 0 Å². The van der Waals surface area contributed by atoms with Crippen LogP contribution in [0.1, 0.15) is 26.2 Å². The molecular weight excluding hydrogens is 260 g/mol. The lowest BCUT2D eigenvalue weighted by molar-refractivity contribution is -0.155. The molecule has 9 nitrogen and oxygen atoms in total. The van der Waals surface area contributed by atoms with Gasteiger partial charge in [0.2, 0.25) is 0 Å². The normalized spacial score (nSPS) is 11.3. The lowest BCUT2D eigenvalue weighted by Gasteiger charge is -2.37. The van der Waals surface area contributed by atoms with E-state index in [9.17, 15) is 19.2 Å². The Hall–Kier alpha value is -2.00. The Morgan fingerprint density at radius 2 is 1.42 bits per heavy atom. The molecule has 0 radical (unpaired) electrons. The number of nitrogens with two attached hydrogens (primary N) is 1. The van der Waals surface area contributed by atoms with Gasteiger partial charge in [-0.3, -0.25) is 25.0 Å². The molecule has 19 heavy (non-hydrogen) atoms. The minimum atomic E-state index is -2.06. The Bertz CT molecular complexity index is 377. The summed E-state index contributed by atoms with van der Waals surface area (Å²) in [6, 6.07) is 0. The summed E-state index contributed by atoms with van der Waals surface area (Å²) >= 11 is 0. The minimum absolute atomic E-state index is 0.00802. The summed E-state index contributed by atoms with van der Waals surface area (Å²) < 4.78 is 0. The molecule has 0 aliphatic rings. The fraction of sp³-hybridized carbons (Fsp3) is 0.600. The largest absolute Gasteiger partial charge is 0.481 e. The van der Waals surface area contributed by atoms with Crippen LogP contribution >= 0.6 is 0 Å². The van der Waals surface area contributed by atoms with Gasteiger partial charge in [0.05, 0.1) is 12.8 Å². The van der Waals surface area contributed by atoms with E-state index in [0.29, 0.717) is 0 Å². The number of carboxylic acid groups (broad SMARTS) is 3. The molecule has 0 aliphatic carbocycles. The fourth-order valence-corrected chi connectivity index (χ4v) is 1.73. The first-order chi connectivity index (χ1) is 8.65. The van der Waals surface area contributed by atoms with E-state index in [1.54, 1.807) is 0 Å². The van der Waals surface area contributed by atoms with Gasteiger partial charge in [0.1, 0.15) is 12.0 Å². The molecule has 108 valence electrons. The van der Waals surface area contributed by atoms with E-state index in [-0.39, 0.29) is 6.54 Å². The Balaban J connectivity index is 5.57. The molecule has 5 N–H and O–H groups in total. The lowest BCUT2D eigenvalue weighted by atomic mass is 9.84. The molecule has 0 heterocycles. The molecule has 0 aromatic rings. The minimum Gasteiger partial charge on any atom is -0.481 e. The molecule has 0 aliphatic heterocycles. The van der Waals surface area contributed by atoms with Crippen LogP contribution in [0.4, 0.5) is 0 Å². The van der Waals surface area contributed by atoms with Gasteiger partial charge in [-0.15, -0.1) is 0 Å². The summed E-state index contributed by atoms with van der Waals surface area (Å²) in [5.41, 5.74) is -2.06. The van der Waals surface area contributed by atoms with Crippen LogP contribution in [0.3, 0.4) is 0 Å². The van der Waals surface area contributed by atoms with Crippen LogP contribution in [-0.2, 0) is 19.2 Å². The number of carbonyl (C=O) groups excluding carboxylic acids is 1. The lowest BCUT2D eigenvalue weighted by Crippen LogP contribution is -2.60. The van der Waals surface area contributed by atoms with Crippen LogP contribution in [0.2, 0.25) is 0 Å². The summed E-state index contributed by atoms with van der Waals surface area (Å²) in [5.74, 6) is 0.112. The molecule has 0 amide bonds. The van der Waals surface area contributed by atoms with Gasteiger partial charge in [-0.1, -0.05) is 6.92 Å². The third kappa shape index (κ3) is 4.64. The Morgan fingerprint density at radius 3 is 1.68 bits per heavy atom. The zero-order valence-electron chi connectivity index (χ0n) is 10.3. The first-order valence-electron chi connectivity index (χ1n) is 5.36. The van der Waals surface area contributed by atoms with Gasteiger partial charge in [0.25, 0.3) is 0 Å². The number of carbonyl (C=O) groups is 4. The number of rotatable bonds is 9. The zero-order valence-corrected chi connectivity index (χ0v) is 10.3. The van der Waals surface area contributed by atoms with Crippen LogP contribution in [0.25, 0.3) is 0 Å². The number of hydrogen-bond donors (Lipinski definition) is 4. The number of hydrazine groups is 1. The van der Waals surface area contributed by atoms with Crippen molar-refractivity contribution in [1.29, 1.82) is 0 Å². The van der Waals surface area contributed by atoms with E-state index in [1.165, 1.54) is 6.92 Å². The predicted octanol–water partition coefficient (Wildman–Crippen LogP) is -1.09. The highest BCUT2D eigenvalue weighted by Crippen LogP contribution is 2.25. The summed E-state index contributed by atoms with van der Waals surface area (Å²) in [6.45, 7) is 1.48. The Kier molecular flexibility index (Phi) is 6.09. The van der Waals surface area contributed by atoms with Gasteiger partial charge in [-0.25, -0.2) is 5.01 Å². The molecule has 0 aromatic heterocycles. The second kappa shape index (κ2) is 6.81. The van der Waals surface area contributed by atoms with E-state index in [1.807, 2.05) is 0 Å². The van der Waals surface area contributed by atoms with E-state index < -0.39 is 48.5 Å². The molecule has 9 heteroatoms. The second-order valence-corrected chi connectivity index (χ2v) is 3.95. The van der Waals surface area contributed by atoms with Crippen molar-refractivity contribution < 1.29 is 34.5 Å². The SMILES string of the molecule is CCN(N)C(CC(=O)O)(CC(=O)O)C(=O)CC(=O)O. The zero-order chi connectivity index (χ0) is 15.2. The maximum atomic E-state index is 11.9. The van der Waals surface area contributed by atoms with Gasteiger partial charge in [0, 0.05) is 6.54 Å². The highest BCUT2D eigenvalue weighted by atomic mass is 16.4. The molecule has 0 saturated heterocycles. The number of Topliss-reactive ketones (excluding diaryl/α,β-unsaturated/α-hetero) is 1. The number of aliphatic carboxylic acids is 3. The molecule has 0 atom stereocenters. The number of likely N-dealkylation sites (N-methyl/N-ethyl adjacent to an activating group) is 1. The summed E-state index contributed by atoms with van der Waals surface area (Å²) in [5, 5.41) is 27.0. The van der Waals surface area contributed by atoms with E-state index in [2.05, 4.69) is 0 Å². The topological polar surface area (TPSA) is 158 Å². The third-order valence-electron chi connectivity index (χ3n) is 2.61. The van der Waals surface area contributed by atoms with Gasteiger partial charge >= 0.3 is 17.9 Å². The fourth-order valence-electron chi connectivity index (χ4n) is 1.73. The molecule has 0 aromatic carbocycles. The van der Waals surface area contributed by atoms with Crippen molar-refractivity contribution in [3.63, 3.8) is 0 Å². The van der Waals surface area contributed by atoms with Crippen molar-refractivity contribution in [2.45, 2.75) is 31.7 Å². The molecular formula is C10H16N2O7. The van der Waals surface area contributed by atoms with Crippen molar-refractivity contribution in [2.75, 3.05) is 6.54 Å². The van der Waals surface area contributed by atoms with Crippen molar-refractivity contribution in [3.8, 4) is 0 Å². The van der Waals surface area contributed by atoms with Crippen LogP contribution < -0.4 is 5.84 Å². The van der Waals surface area contributed by atoms with Crippen molar-refractivity contribution in [2.24, 2.45) is 5.84 Å². The van der Waals surface area contributed by atoms with Gasteiger partial charge < -0.3 is 15.3 Å². The average molecular weight is 276 g/mol. The number of carboxylic acids is 3. The third-order valence-corrected chi connectivity index (χ3v) is 2.61. The molecule has 0 spiro atoms. The smallest absolute Gasteiger partial charge is 0.310 e. The van der Waals surface area contributed by atoms with Crippen molar-refractivity contribution >= 4 is 23.7 Å². The average Bonchev–Trinajstić information content (AvgIpc) is 2.24. The first kappa shape index (κ1) is 17.0. The van der Waals surface area contributed by atoms with Gasteiger partial charge in [-0.2, -0.15) is 0 Å². The summed E-state index contributed by atoms with van der Waals surface area (Å²) in [7, 11) is 0. The Labute approximate surface area is 108 Å². The van der Waals surface area contributed by atoms with Crippen molar-refractivity contribution in [1.82, 2.24) is 5.01 Å². The summed E-state index contributed by atoms with van der Waals surface area (Å²) in [6.07, 6.45) is -2.75. The van der Waals surface area contributed by atoms with E-state index in [4.69, 9.17) is 21.2 Å². The summed E-state index contributed by atoms with van der Waals surface area (Å²) in [4.78, 5) is 44.1. The predicted molar refractivity (Wildman–Crippen MR) is 61.1 cm³/mol. The van der Waals surface area contributed by atoms with Crippen LogP contribution in [0.5, 0.6) is 0 Å². The highest BCUT2D eigenvalue weighted by Gasteiger charge is 2.46. The molecule has 0 saturated carbocycles.